The fraction of sp³-hybridized carbons (Fsp3) is 0.167. The average molecular weight is 388 g/mol. The van der Waals surface area contributed by atoms with Gasteiger partial charge in [-0.05, 0) is 55.8 Å². The van der Waals surface area contributed by atoms with E-state index < -0.39 is 6.10 Å². The number of nitrogens with one attached hydrogen (secondary N) is 2. The molecule has 0 bridgehead atoms. The Morgan fingerprint density at radius 1 is 0.897 bits per heavy atom. The van der Waals surface area contributed by atoms with E-state index in [2.05, 4.69) is 10.6 Å². The van der Waals surface area contributed by atoms with Crippen LogP contribution in [-0.2, 0) is 11.3 Å². The summed E-state index contributed by atoms with van der Waals surface area (Å²) in [5, 5.41) is 5.68. The zero-order chi connectivity index (χ0) is 20.6. The van der Waals surface area contributed by atoms with Crippen LogP contribution in [0, 0.1) is 6.92 Å². The Balaban J connectivity index is 1.51. The Hall–Kier alpha value is -3.60. The first kappa shape index (κ1) is 20.1. The van der Waals surface area contributed by atoms with Gasteiger partial charge >= 0.3 is 0 Å². The molecule has 0 fully saturated rings. The summed E-state index contributed by atoms with van der Waals surface area (Å²) in [7, 11) is 0. The van der Waals surface area contributed by atoms with Crippen LogP contribution >= 0.6 is 0 Å². The molecule has 2 N–H and O–H groups in total. The first-order chi connectivity index (χ1) is 14.0. The number of carbonyl (C=O) groups is 2. The lowest BCUT2D eigenvalue weighted by atomic mass is 10.1. The molecular formula is C24H24N2O3. The molecule has 0 radical (unpaired) electrons. The monoisotopic (exact) mass is 388 g/mol. The van der Waals surface area contributed by atoms with Gasteiger partial charge in [-0.1, -0.05) is 48.0 Å². The predicted molar refractivity (Wildman–Crippen MR) is 114 cm³/mol. The van der Waals surface area contributed by atoms with Crippen molar-refractivity contribution in [2.45, 2.75) is 26.5 Å². The van der Waals surface area contributed by atoms with E-state index in [4.69, 9.17) is 4.74 Å². The van der Waals surface area contributed by atoms with Gasteiger partial charge in [0, 0.05) is 17.8 Å². The van der Waals surface area contributed by atoms with Crippen LogP contribution in [0.25, 0.3) is 0 Å². The van der Waals surface area contributed by atoms with Crippen LogP contribution in [0.15, 0.2) is 78.9 Å². The zero-order valence-corrected chi connectivity index (χ0v) is 16.5. The van der Waals surface area contributed by atoms with Crippen LogP contribution in [0.1, 0.15) is 28.4 Å². The normalized spacial score (nSPS) is 11.4. The van der Waals surface area contributed by atoms with Crippen molar-refractivity contribution in [1.82, 2.24) is 5.32 Å². The second kappa shape index (κ2) is 9.55. The molecule has 5 heteroatoms. The van der Waals surface area contributed by atoms with E-state index in [9.17, 15) is 9.59 Å². The van der Waals surface area contributed by atoms with Crippen molar-refractivity contribution in [3.63, 3.8) is 0 Å². The van der Waals surface area contributed by atoms with Gasteiger partial charge in [-0.3, -0.25) is 9.59 Å². The number of ether oxygens (including phenoxy) is 1. The van der Waals surface area contributed by atoms with Crippen molar-refractivity contribution in [3.8, 4) is 5.75 Å². The number of anilines is 1. The van der Waals surface area contributed by atoms with Crippen molar-refractivity contribution in [1.29, 1.82) is 0 Å². The predicted octanol–water partition coefficient (Wildman–Crippen LogP) is 4.33. The average Bonchev–Trinajstić information content (AvgIpc) is 2.75. The summed E-state index contributed by atoms with van der Waals surface area (Å²) in [6.45, 7) is 4.15. The van der Waals surface area contributed by atoms with Crippen molar-refractivity contribution < 1.29 is 14.3 Å². The highest BCUT2D eigenvalue weighted by Crippen LogP contribution is 2.15. The molecule has 0 aliphatic carbocycles. The zero-order valence-electron chi connectivity index (χ0n) is 16.5. The van der Waals surface area contributed by atoms with Crippen molar-refractivity contribution in [3.05, 3.63) is 95.6 Å². The lowest BCUT2D eigenvalue weighted by Crippen LogP contribution is -2.30. The number of benzene rings is 3. The smallest absolute Gasteiger partial charge is 0.265 e. The van der Waals surface area contributed by atoms with Gasteiger partial charge in [-0.25, -0.2) is 0 Å². The third-order valence-electron chi connectivity index (χ3n) is 4.41. The van der Waals surface area contributed by atoms with E-state index in [-0.39, 0.29) is 11.8 Å². The van der Waals surface area contributed by atoms with Gasteiger partial charge < -0.3 is 15.4 Å². The van der Waals surface area contributed by atoms with Crippen LogP contribution in [0.3, 0.4) is 0 Å². The molecule has 3 rings (SSSR count). The van der Waals surface area contributed by atoms with Gasteiger partial charge in [0.05, 0.1) is 0 Å². The lowest BCUT2D eigenvalue weighted by Gasteiger charge is -2.15. The van der Waals surface area contributed by atoms with E-state index in [1.165, 1.54) is 0 Å². The van der Waals surface area contributed by atoms with E-state index >= 15 is 0 Å². The van der Waals surface area contributed by atoms with Gasteiger partial charge in [0.25, 0.3) is 11.8 Å². The third-order valence-corrected chi connectivity index (χ3v) is 4.41. The Labute approximate surface area is 170 Å². The minimum Gasteiger partial charge on any atom is -0.481 e. The molecule has 0 heterocycles. The van der Waals surface area contributed by atoms with Crippen LogP contribution in [-0.4, -0.2) is 17.9 Å². The minimum atomic E-state index is -0.647. The summed E-state index contributed by atoms with van der Waals surface area (Å²) in [6.07, 6.45) is -0.647. The van der Waals surface area contributed by atoms with E-state index in [0.29, 0.717) is 23.5 Å². The van der Waals surface area contributed by atoms with E-state index in [1.807, 2.05) is 61.5 Å². The van der Waals surface area contributed by atoms with Crippen molar-refractivity contribution in [2.75, 3.05) is 5.32 Å². The number of rotatable bonds is 7. The molecule has 1 unspecified atom stereocenters. The maximum absolute atomic E-state index is 12.3. The van der Waals surface area contributed by atoms with Crippen LogP contribution in [0.4, 0.5) is 5.69 Å². The molecule has 0 saturated heterocycles. The molecule has 0 spiro atoms. The summed E-state index contributed by atoms with van der Waals surface area (Å²) in [5.74, 6) is 0.221. The van der Waals surface area contributed by atoms with Crippen molar-refractivity contribution in [2.24, 2.45) is 0 Å². The Morgan fingerprint density at radius 2 is 1.55 bits per heavy atom. The molecule has 3 aromatic carbocycles. The van der Waals surface area contributed by atoms with Crippen LogP contribution in [0.2, 0.25) is 0 Å². The molecule has 2 amide bonds. The lowest BCUT2D eigenvalue weighted by molar-refractivity contribution is -0.122. The second-order valence-electron chi connectivity index (χ2n) is 6.81. The molecule has 0 aliphatic heterocycles. The minimum absolute atomic E-state index is 0.164. The Morgan fingerprint density at radius 3 is 2.21 bits per heavy atom. The summed E-state index contributed by atoms with van der Waals surface area (Å²) >= 11 is 0. The molecule has 0 aliphatic rings. The van der Waals surface area contributed by atoms with Gasteiger partial charge in [0.15, 0.2) is 6.10 Å². The number of hydrogen-bond donors (Lipinski definition) is 2. The molecule has 1 atom stereocenters. The number of hydrogen-bond acceptors (Lipinski definition) is 3. The standard InChI is InChI=1S/C24H24N2O3/c1-17-8-14-22(15-9-17)29-18(2)23(27)26-21-12-10-20(11-13-21)24(28)25-16-19-6-4-3-5-7-19/h3-15,18H,16H2,1-2H3,(H,25,28)(H,26,27). The van der Waals surface area contributed by atoms with Crippen LogP contribution in [0.5, 0.6) is 5.75 Å². The second-order valence-corrected chi connectivity index (χ2v) is 6.81. The Bertz CT molecular complexity index is 952. The highest BCUT2D eigenvalue weighted by Gasteiger charge is 2.15. The molecule has 0 aromatic heterocycles. The fourth-order valence-electron chi connectivity index (χ4n) is 2.70. The van der Waals surface area contributed by atoms with Crippen LogP contribution < -0.4 is 15.4 Å². The summed E-state index contributed by atoms with van der Waals surface area (Å²) in [6, 6.07) is 24.0. The number of amides is 2. The fourth-order valence-corrected chi connectivity index (χ4v) is 2.70. The topological polar surface area (TPSA) is 67.4 Å². The maximum atomic E-state index is 12.3. The van der Waals surface area contributed by atoms with E-state index in [1.54, 1.807) is 31.2 Å². The molecule has 0 saturated carbocycles. The third kappa shape index (κ3) is 5.94. The van der Waals surface area contributed by atoms with Gasteiger partial charge in [0.1, 0.15) is 5.75 Å². The molecule has 148 valence electrons. The molecule has 29 heavy (non-hydrogen) atoms. The molecule has 5 nitrogen and oxygen atoms in total. The highest BCUT2D eigenvalue weighted by molar-refractivity contribution is 5.96. The summed E-state index contributed by atoms with van der Waals surface area (Å²) < 4.78 is 5.66. The van der Waals surface area contributed by atoms with Gasteiger partial charge in [-0.2, -0.15) is 0 Å². The summed E-state index contributed by atoms with van der Waals surface area (Å²) in [5.41, 5.74) is 3.30. The Kier molecular flexibility index (Phi) is 6.63. The molecule has 3 aromatic rings. The number of carbonyl (C=O) groups excluding carboxylic acids is 2. The SMILES string of the molecule is Cc1ccc(OC(C)C(=O)Nc2ccc(C(=O)NCc3ccccc3)cc2)cc1. The number of aryl methyl sites for hydroxylation is 1. The quantitative estimate of drug-likeness (QED) is 0.633. The summed E-state index contributed by atoms with van der Waals surface area (Å²) in [4.78, 5) is 24.6. The maximum Gasteiger partial charge on any atom is 0.265 e. The van der Waals surface area contributed by atoms with Gasteiger partial charge in [-0.15, -0.1) is 0 Å². The largest absolute Gasteiger partial charge is 0.481 e. The molecular weight excluding hydrogens is 364 g/mol. The van der Waals surface area contributed by atoms with Gasteiger partial charge in [0.2, 0.25) is 0 Å². The van der Waals surface area contributed by atoms with Crippen molar-refractivity contribution >= 4 is 17.5 Å². The highest BCUT2D eigenvalue weighted by atomic mass is 16.5. The van der Waals surface area contributed by atoms with E-state index in [0.717, 1.165) is 11.1 Å². The first-order valence-corrected chi connectivity index (χ1v) is 9.47. The first-order valence-electron chi connectivity index (χ1n) is 9.47.